The highest BCUT2D eigenvalue weighted by Crippen LogP contribution is 2.35. The summed E-state index contributed by atoms with van der Waals surface area (Å²) < 4.78 is 6.06. The minimum atomic E-state index is -0.00560. The van der Waals surface area contributed by atoms with Gasteiger partial charge in [-0.2, -0.15) is 0 Å². The van der Waals surface area contributed by atoms with Crippen LogP contribution in [0, 0.1) is 0 Å². The van der Waals surface area contributed by atoms with Crippen LogP contribution < -0.4 is 10.1 Å². The second-order valence-corrected chi connectivity index (χ2v) is 3.84. The molecule has 0 saturated carbocycles. The van der Waals surface area contributed by atoms with Gasteiger partial charge < -0.3 is 10.1 Å². The summed E-state index contributed by atoms with van der Waals surface area (Å²) in [4.78, 5) is 0. The van der Waals surface area contributed by atoms with Gasteiger partial charge in [0.2, 0.25) is 0 Å². The minimum Gasteiger partial charge on any atom is -0.483 e. The van der Waals surface area contributed by atoms with Crippen LogP contribution >= 0.6 is 0 Å². The SMILES string of the molecule is CCC1(CC)CNc2ccccc2O1. The molecule has 1 heterocycles. The molecule has 2 heteroatoms. The number of rotatable bonds is 2. The van der Waals surface area contributed by atoms with Gasteiger partial charge in [0.25, 0.3) is 0 Å². The lowest BCUT2D eigenvalue weighted by Gasteiger charge is -2.38. The van der Waals surface area contributed by atoms with E-state index < -0.39 is 0 Å². The number of ether oxygens (including phenoxy) is 1. The predicted octanol–water partition coefficient (Wildman–Crippen LogP) is 3.05. The Bertz CT molecular complexity index is 318. The molecule has 1 aliphatic rings. The highest BCUT2D eigenvalue weighted by atomic mass is 16.5. The Balaban J connectivity index is 2.28. The molecule has 0 atom stereocenters. The van der Waals surface area contributed by atoms with Crippen LogP contribution in [0.3, 0.4) is 0 Å². The van der Waals surface area contributed by atoms with Crippen molar-refractivity contribution in [3.63, 3.8) is 0 Å². The molecule has 1 aromatic carbocycles. The maximum atomic E-state index is 6.06. The van der Waals surface area contributed by atoms with Gasteiger partial charge in [0.15, 0.2) is 0 Å². The van der Waals surface area contributed by atoms with E-state index in [-0.39, 0.29) is 5.60 Å². The van der Waals surface area contributed by atoms with E-state index in [9.17, 15) is 0 Å². The predicted molar refractivity (Wildman–Crippen MR) is 58.9 cm³/mol. The summed E-state index contributed by atoms with van der Waals surface area (Å²) in [5.41, 5.74) is 1.11. The fraction of sp³-hybridized carbons (Fsp3) is 0.500. The molecule has 76 valence electrons. The fourth-order valence-corrected chi connectivity index (χ4v) is 1.87. The lowest BCUT2D eigenvalue weighted by molar-refractivity contribution is 0.0671. The molecule has 0 radical (unpaired) electrons. The zero-order valence-corrected chi connectivity index (χ0v) is 8.84. The summed E-state index contributed by atoms with van der Waals surface area (Å²) in [5, 5.41) is 3.43. The van der Waals surface area contributed by atoms with Crippen molar-refractivity contribution in [2.24, 2.45) is 0 Å². The van der Waals surface area contributed by atoms with Gasteiger partial charge in [0, 0.05) is 0 Å². The van der Waals surface area contributed by atoms with E-state index in [4.69, 9.17) is 4.74 Å². The maximum Gasteiger partial charge on any atom is 0.143 e. The molecule has 0 aromatic heterocycles. The van der Waals surface area contributed by atoms with Crippen LogP contribution in [0.4, 0.5) is 5.69 Å². The van der Waals surface area contributed by atoms with Crippen LogP contribution in [-0.4, -0.2) is 12.1 Å². The van der Waals surface area contributed by atoms with E-state index in [1.807, 2.05) is 18.2 Å². The lowest BCUT2D eigenvalue weighted by atomic mass is 9.95. The first-order valence-electron chi connectivity index (χ1n) is 5.31. The normalized spacial score (nSPS) is 17.9. The average Bonchev–Trinajstić information content (AvgIpc) is 2.28. The van der Waals surface area contributed by atoms with Crippen LogP contribution in [0.25, 0.3) is 0 Å². The summed E-state index contributed by atoms with van der Waals surface area (Å²) in [6.07, 6.45) is 2.09. The van der Waals surface area contributed by atoms with Gasteiger partial charge in [-0.3, -0.25) is 0 Å². The molecule has 2 nitrogen and oxygen atoms in total. The second-order valence-electron chi connectivity index (χ2n) is 3.84. The number of anilines is 1. The minimum absolute atomic E-state index is 0.00560. The van der Waals surface area contributed by atoms with Crippen LogP contribution in [0.5, 0.6) is 5.75 Å². The Morgan fingerprint density at radius 2 is 2.00 bits per heavy atom. The Morgan fingerprint density at radius 1 is 1.29 bits per heavy atom. The molecule has 1 aliphatic heterocycles. The first kappa shape index (κ1) is 9.38. The van der Waals surface area contributed by atoms with Crippen LogP contribution in [0.1, 0.15) is 26.7 Å². The van der Waals surface area contributed by atoms with Crippen molar-refractivity contribution in [1.82, 2.24) is 0 Å². The third-order valence-corrected chi connectivity index (χ3v) is 3.10. The lowest BCUT2D eigenvalue weighted by Crippen LogP contribution is -2.44. The molecule has 0 bridgehead atoms. The van der Waals surface area contributed by atoms with Crippen LogP contribution in [0.2, 0.25) is 0 Å². The summed E-state index contributed by atoms with van der Waals surface area (Å²) in [5.74, 6) is 0.988. The van der Waals surface area contributed by atoms with Crippen molar-refractivity contribution in [3.8, 4) is 5.75 Å². The Hall–Kier alpha value is -1.18. The van der Waals surface area contributed by atoms with Crippen LogP contribution in [0.15, 0.2) is 24.3 Å². The topological polar surface area (TPSA) is 21.3 Å². The average molecular weight is 191 g/mol. The summed E-state index contributed by atoms with van der Waals surface area (Å²) in [6.45, 7) is 5.27. The number of hydrogen-bond acceptors (Lipinski definition) is 2. The number of para-hydroxylation sites is 2. The van der Waals surface area contributed by atoms with Crippen LogP contribution in [-0.2, 0) is 0 Å². The smallest absolute Gasteiger partial charge is 0.143 e. The van der Waals surface area contributed by atoms with Gasteiger partial charge in [-0.15, -0.1) is 0 Å². The van der Waals surface area contributed by atoms with E-state index in [0.717, 1.165) is 30.8 Å². The third kappa shape index (κ3) is 1.45. The molecule has 0 spiro atoms. The van der Waals surface area contributed by atoms with Gasteiger partial charge in [-0.05, 0) is 25.0 Å². The number of benzene rings is 1. The summed E-state index contributed by atoms with van der Waals surface area (Å²) in [7, 11) is 0. The summed E-state index contributed by atoms with van der Waals surface area (Å²) in [6, 6.07) is 8.13. The van der Waals surface area contributed by atoms with Crippen molar-refractivity contribution in [2.75, 3.05) is 11.9 Å². The Kier molecular flexibility index (Phi) is 2.36. The maximum absolute atomic E-state index is 6.06. The van der Waals surface area contributed by atoms with Gasteiger partial charge in [0.1, 0.15) is 11.4 Å². The van der Waals surface area contributed by atoms with Crippen molar-refractivity contribution >= 4 is 5.69 Å². The Morgan fingerprint density at radius 3 is 2.71 bits per heavy atom. The van der Waals surface area contributed by atoms with Gasteiger partial charge >= 0.3 is 0 Å². The molecular formula is C12H17NO. The molecule has 0 fully saturated rings. The first-order valence-corrected chi connectivity index (χ1v) is 5.31. The molecule has 0 aliphatic carbocycles. The zero-order chi connectivity index (χ0) is 10.0. The van der Waals surface area contributed by atoms with Crippen molar-refractivity contribution in [2.45, 2.75) is 32.3 Å². The van der Waals surface area contributed by atoms with E-state index >= 15 is 0 Å². The zero-order valence-electron chi connectivity index (χ0n) is 8.84. The van der Waals surface area contributed by atoms with Crippen molar-refractivity contribution in [3.05, 3.63) is 24.3 Å². The molecule has 14 heavy (non-hydrogen) atoms. The van der Waals surface area contributed by atoms with Gasteiger partial charge in [-0.1, -0.05) is 26.0 Å². The standard InChI is InChI=1S/C12H17NO/c1-3-12(4-2)9-13-10-7-5-6-8-11(10)14-12/h5-8,13H,3-4,9H2,1-2H3. The number of fused-ring (bicyclic) bond motifs is 1. The monoisotopic (exact) mass is 191 g/mol. The van der Waals surface area contributed by atoms with E-state index in [1.165, 1.54) is 0 Å². The molecule has 1 aromatic rings. The molecule has 0 amide bonds. The fourth-order valence-electron chi connectivity index (χ4n) is 1.87. The quantitative estimate of drug-likeness (QED) is 0.775. The molecular weight excluding hydrogens is 174 g/mol. The third-order valence-electron chi connectivity index (χ3n) is 3.10. The molecule has 0 unspecified atom stereocenters. The van der Waals surface area contributed by atoms with Gasteiger partial charge in [0.05, 0.1) is 12.2 Å². The van der Waals surface area contributed by atoms with Crippen molar-refractivity contribution < 1.29 is 4.74 Å². The van der Waals surface area contributed by atoms with Crippen molar-refractivity contribution in [1.29, 1.82) is 0 Å². The largest absolute Gasteiger partial charge is 0.483 e. The number of nitrogens with one attached hydrogen (secondary N) is 1. The molecule has 1 N–H and O–H groups in total. The number of hydrogen-bond donors (Lipinski definition) is 1. The molecule has 2 rings (SSSR count). The second kappa shape index (κ2) is 3.52. The highest BCUT2D eigenvalue weighted by molar-refractivity contribution is 5.58. The Labute approximate surface area is 85.3 Å². The van der Waals surface area contributed by atoms with E-state index in [2.05, 4.69) is 25.2 Å². The molecule has 0 saturated heterocycles. The van der Waals surface area contributed by atoms with E-state index in [1.54, 1.807) is 0 Å². The first-order chi connectivity index (χ1) is 6.79. The van der Waals surface area contributed by atoms with Gasteiger partial charge in [-0.25, -0.2) is 0 Å². The summed E-state index contributed by atoms with van der Waals surface area (Å²) >= 11 is 0. The van der Waals surface area contributed by atoms with E-state index in [0.29, 0.717) is 0 Å². The highest BCUT2D eigenvalue weighted by Gasteiger charge is 2.32.